The second-order valence-electron chi connectivity index (χ2n) is 6.32. The molecule has 0 unspecified atom stereocenters. The lowest BCUT2D eigenvalue weighted by molar-refractivity contribution is -0.131. The molecule has 1 amide bonds. The van der Waals surface area contributed by atoms with Crippen molar-refractivity contribution in [3.63, 3.8) is 0 Å². The molecule has 1 rings (SSSR count). The van der Waals surface area contributed by atoms with E-state index in [1.54, 1.807) is 6.08 Å². The molecule has 0 spiro atoms. The molecule has 0 aliphatic carbocycles. The Morgan fingerprint density at radius 2 is 1.56 bits per heavy atom. The zero-order valence-corrected chi connectivity index (χ0v) is 17.9. The van der Waals surface area contributed by atoms with Crippen LogP contribution in [0.4, 0.5) is 0 Å². The van der Waals surface area contributed by atoms with E-state index < -0.39 is 0 Å². The summed E-state index contributed by atoms with van der Waals surface area (Å²) >= 11 is 11.1. The van der Waals surface area contributed by atoms with Gasteiger partial charge in [0, 0.05) is 19.5 Å². The maximum Gasteiger partial charge on any atom is 0.222 e. The predicted octanol–water partition coefficient (Wildman–Crippen LogP) is 5.97. The number of rotatable bonds is 14. The van der Waals surface area contributed by atoms with Crippen molar-refractivity contribution in [1.29, 1.82) is 0 Å². The van der Waals surface area contributed by atoms with E-state index in [1.807, 2.05) is 29.2 Å². The van der Waals surface area contributed by atoms with Crippen LogP contribution in [0.5, 0.6) is 11.5 Å². The molecular formula is C21H31Cl2NO3. The smallest absolute Gasteiger partial charge is 0.222 e. The fourth-order valence-corrected chi connectivity index (χ4v) is 2.76. The summed E-state index contributed by atoms with van der Waals surface area (Å²) in [5.74, 6) is 1.82. The summed E-state index contributed by atoms with van der Waals surface area (Å²) < 4.78 is 11.4. The first-order valence-electron chi connectivity index (χ1n) is 9.71. The Kier molecular flexibility index (Phi) is 12.8. The van der Waals surface area contributed by atoms with E-state index >= 15 is 0 Å². The Labute approximate surface area is 173 Å². The lowest BCUT2D eigenvalue weighted by atomic mass is 10.2. The molecular weight excluding hydrogens is 385 g/mol. The van der Waals surface area contributed by atoms with Crippen molar-refractivity contribution in [3.05, 3.63) is 34.8 Å². The van der Waals surface area contributed by atoms with Gasteiger partial charge in [-0.15, -0.1) is 0 Å². The van der Waals surface area contributed by atoms with E-state index in [1.165, 1.54) is 0 Å². The van der Waals surface area contributed by atoms with Gasteiger partial charge < -0.3 is 14.4 Å². The third kappa shape index (κ3) is 11.1. The van der Waals surface area contributed by atoms with E-state index in [4.69, 9.17) is 32.7 Å². The summed E-state index contributed by atoms with van der Waals surface area (Å²) in [6.07, 6.45) is 7.09. The predicted molar refractivity (Wildman–Crippen MR) is 113 cm³/mol. The fraction of sp³-hybridized carbons (Fsp3) is 0.571. The van der Waals surface area contributed by atoms with E-state index in [-0.39, 0.29) is 10.4 Å². The van der Waals surface area contributed by atoms with E-state index in [0.29, 0.717) is 19.6 Å². The fourth-order valence-electron chi connectivity index (χ4n) is 2.64. The zero-order chi connectivity index (χ0) is 19.9. The first kappa shape index (κ1) is 23.6. The van der Waals surface area contributed by atoms with Gasteiger partial charge in [0.05, 0.1) is 6.61 Å². The number of carbonyl (C=O) groups excluding carboxylic acids is 1. The van der Waals surface area contributed by atoms with Crippen LogP contribution in [0, 0.1) is 0 Å². The van der Waals surface area contributed by atoms with Crippen molar-refractivity contribution < 1.29 is 14.3 Å². The molecule has 0 N–H and O–H groups in total. The quantitative estimate of drug-likeness (QED) is 0.351. The zero-order valence-electron chi connectivity index (χ0n) is 16.4. The largest absolute Gasteiger partial charge is 0.494 e. The highest BCUT2D eigenvalue weighted by Crippen LogP contribution is 2.18. The number of nitrogens with zero attached hydrogens (tertiary/aromatic N) is 1. The van der Waals surface area contributed by atoms with E-state index in [9.17, 15) is 4.79 Å². The average Bonchev–Trinajstić information content (AvgIpc) is 2.65. The van der Waals surface area contributed by atoms with Crippen LogP contribution in [-0.2, 0) is 4.79 Å². The normalized spacial score (nSPS) is 10.4. The molecule has 0 radical (unpaired) electrons. The van der Waals surface area contributed by atoms with Crippen molar-refractivity contribution in [1.82, 2.24) is 4.90 Å². The second kappa shape index (κ2) is 14.6. The van der Waals surface area contributed by atoms with Crippen LogP contribution in [0.1, 0.15) is 52.4 Å². The number of amides is 1. The molecule has 0 saturated carbocycles. The molecule has 152 valence electrons. The number of ether oxygens (including phenoxy) is 2. The van der Waals surface area contributed by atoms with Gasteiger partial charge in [0.25, 0.3) is 0 Å². The van der Waals surface area contributed by atoms with Crippen LogP contribution < -0.4 is 9.47 Å². The van der Waals surface area contributed by atoms with Crippen molar-refractivity contribution in [2.45, 2.75) is 52.4 Å². The summed E-state index contributed by atoms with van der Waals surface area (Å²) in [4.78, 5) is 14.2. The minimum Gasteiger partial charge on any atom is -0.494 e. The average molecular weight is 416 g/mol. The molecule has 0 heterocycles. The van der Waals surface area contributed by atoms with Crippen LogP contribution in [0.15, 0.2) is 34.8 Å². The van der Waals surface area contributed by atoms with E-state index in [0.717, 1.165) is 56.7 Å². The molecule has 0 fully saturated rings. The molecule has 0 aliphatic rings. The highest BCUT2D eigenvalue weighted by molar-refractivity contribution is 6.55. The number of unbranched alkanes of at least 4 members (excludes halogenated alkanes) is 2. The summed E-state index contributed by atoms with van der Waals surface area (Å²) in [5, 5.41) is 0. The number of benzene rings is 1. The Balaban J connectivity index is 2.17. The third-order valence-electron chi connectivity index (χ3n) is 3.95. The van der Waals surface area contributed by atoms with Gasteiger partial charge in [-0.25, -0.2) is 0 Å². The molecule has 0 bridgehead atoms. The Bertz CT molecular complexity index is 551. The summed E-state index contributed by atoms with van der Waals surface area (Å²) in [7, 11) is 0. The minimum absolute atomic E-state index is 0.195. The summed E-state index contributed by atoms with van der Waals surface area (Å²) in [6, 6.07) is 7.44. The topological polar surface area (TPSA) is 38.8 Å². The van der Waals surface area contributed by atoms with Gasteiger partial charge in [0.2, 0.25) is 5.91 Å². The number of hydrogen-bond donors (Lipinski definition) is 0. The Morgan fingerprint density at radius 1 is 0.963 bits per heavy atom. The Morgan fingerprint density at radius 3 is 2.11 bits per heavy atom. The highest BCUT2D eigenvalue weighted by atomic mass is 35.5. The van der Waals surface area contributed by atoms with Gasteiger partial charge in [-0.05, 0) is 62.4 Å². The standard InChI is InChI=1S/C21H31Cl2NO3/c1-3-14-24(15-4-2)21(25)8-6-5-7-16-26-18-9-11-19(12-10-18)27-17-13-20(22)23/h9-13H,3-8,14-17H2,1-2H3. The van der Waals surface area contributed by atoms with Crippen LogP contribution in [0.2, 0.25) is 0 Å². The SMILES string of the molecule is CCCN(CCC)C(=O)CCCCCOc1ccc(OCC=C(Cl)Cl)cc1. The van der Waals surface area contributed by atoms with Crippen molar-refractivity contribution in [2.24, 2.45) is 0 Å². The maximum atomic E-state index is 12.2. The first-order valence-corrected chi connectivity index (χ1v) is 10.5. The van der Waals surface area contributed by atoms with E-state index in [2.05, 4.69) is 13.8 Å². The molecule has 0 aromatic heterocycles. The molecule has 4 nitrogen and oxygen atoms in total. The summed E-state index contributed by atoms with van der Waals surface area (Å²) in [6.45, 7) is 6.92. The number of hydrogen-bond acceptors (Lipinski definition) is 3. The molecule has 1 aromatic rings. The van der Waals surface area contributed by atoms with Crippen molar-refractivity contribution in [2.75, 3.05) is 26.3 Å². The summed E-state index contributed by atoms with van der Waals surface area (Å²) in [5.41, 5.74) is 0. The minimum atomic E-state index is 0.195. The Hall–Kier alpha value is -1.39. The molecule has 6 heteroatoms. The van der Waals surface area contributed by atoms with Gasteiger partial charge in [-0.1, -0.05) is 37.0 Å². The highest BCUT2D eigenvalue weighted by Gasteiger charge is 2.10. The molecule has 0 saturated heterocycles. The van der Waals surface area contributed by atoms with Crippen LogP contribution in [0.3, 0.4) is 0 Å². The molecule has 27 heavy (non-hydrogen) atoms. The van der Waals surface area contributed by atoms with Crippen LogP contribution in [0.25, 0.3) is 0 Å². The van der Waals surface area contributed by atoms with Gasteiger partial charge in [-0.2, -0.15) is 0 Å². The maximum absolute atomic E-state index is 12.2. The van der Waals surface area contributed by atoms with Gasteiger partial charge in [0.1, 0.15) is 22.6 Å². The van der Waals surface area contributed by atoms with Gasteiger partial charge in [0.15, 0.2) is 0 Å². The van der Waals surface area contributed by atoms with Crippen LogP contribution >= 0.6 is 23.2 Å². The number of halogens is 2. The van der Waals surface area contributed by atoms with Crippen LogP contribution in [-0.4, -0.2) is 37.1 Å². The molecule has 1 aromatic carbocycles. The monoisotopic (exact) mass is 415 g/mol. The lowest BCUT2D eigenvalue weighted by Crippen LogP contribution is -2.32. The first-order chi connectivity index (χ1) is 13.1. The van der Waals surface area contributed by atoms with Gasteiger partial charge >= 0.3 is 0 Å². The van der Waals surface area contributed by atoms with Crippen molar-refractivity contribution >= 4 is 29.1 Å². The second-order valence-corrected chi connectivity index (χ2v) is 7.32. The molecule has 0 atom stereocenters. The molecule has 0 aliphatic heterocycles. The van der Waals surface area contributed by atoms with Crippen molar-refractivity contribution in [3.8, 4) is 11.5 Å². The lowest BCUT2D eigenvalue weighted by Gasteiger charge is -2.21. The number of carbonyl (C=O) groups is 1. The third-order valence-corrected chi connectivity index (χ3v) is 4.26. The van der Waals surface area contributed by atoms with Gasteiger partial charge in [-0.3, -0.25) is 4.79 Å².